The van der Waals surface area contributed by atoms with Crippen molar-refractivity contribution in [3.63, 3.8) is 0 Å². The molecule has 4 N–H and O–H groups in total. The fourth-order valence-corrected chi connectivity index (χ4v) is 8.85. The van der Waals surface area contributed by atoms with Gasteiger partial charge >= 0.3 is 12.2 Å². The van der Waals surface area contributed by atoms with Crippen LogP contribution in [0.15, 0.2) is 61.4 Å². The number of carbonyl (C=O) groups excluding carboxylic acids is 4. The summed E-state index contributed by atoms with van der Waals surface area (Å²) >= 11 is 0. The third kappa shape index (κ3) is 7.59. The number of benzene rings is 2. The van der Waals surface area contributed by atoms with Gasteiger partial charge in [0.15, 0.2) is 0 Å². The van der Waals surface area contributed by atoms with Crippen LogP contribution in [0.5, 0.6) is 0 Å². The largest absolute Gasteiger partial charge is 0.453 e. The number of alkyl carbamates (subject to hydrolysis) is 2. The highest BCUT2D eigenvalue weighted by molar-refractivity contribution is 5.88. The van der Waals surface area contributed by atoms with Crippen molar-refractivity contribution >= 4 is 24.0 Å². The average molecular weight is 791 g/mol. The summed E-state index contributed by atoms with van der Waals surface area (Å²) < 4.78 is 9.61. The number of hydrogen-bond acceptors (Lipinski definition) is 8. The highest BCUT2D eigenvalue weighted by atomic mass is 16.5. The number of nitrogens with zero attached hydrogens (tertiary/aromatic N) is 4. The van der Waals surface area contributed by atoms with E-state index in [1.54, 1.807) is 11.0 Å². The number of nitrogens with one attached hydrogen (secondary N) is 4. The van der Waals surface area contributed by atoms with Gasteiger partial charge in [-0.15, -0.1) is 6.58 Å². The number of ether oxygens (including phenoxy) is 2. The minimum absolute atomic E-state index is 0.00553. The maximum Gasteiger partial charge on any atom is 0.407 e. The standard InChI is InChI=1S/C44H54N8O6/c1-9-30-13-17-36(52(30)42(54)38(24(4)5)50-44(56)58-8)40-46-22-34(48-40)27-12-15-32-29(19-27)20-28-18-26(11-14-31(28)32)33-21-45-39(47-33)35-16-10-25(6)51(35)41(53)37(23(2)3)49-43(55)57-7/h9,11-12,14-15,18-19,21-25,30,35-38H,1,10,13,16-17,20H2,2-8H3,(H,45,47)(H,46,48)(H,49,55)(H,50,56)/t25-,30-,35-,36-,37-,38-/m0/s1. The minimum atomic E-state index is -0.753. The van der Waals surface area contributed by atoms with E-state index in [9.17, 15) is 19.2 Å². The monoisotopic (exact) mass is 790 g/mol. The Morgan fingerprint density at radius 1 is 0.741 bits per heavy atom. The number of imidazole rings is 2. The van der Waals surface area contributed by atoms with E-state index in [4.69, 9.17) is 19.4 Å². The molecule has 4 heterocycles. The summed E-state index contributed by atoms with van der Waals surface area (Å²) in [6, 6.07) is 10.7. The Morgan fingerprint density at radius 3 is 1.67 bits per heavy atom. The van der Waals surface area contributed by atoms with Crippen LogP contribution in [0.3, 0.4) is 0 Å². The van der Waals surface area contributed by atoms with Crippen LogP contribution >= 0.6 is 0 Å². The molecule has 2 fully saturated rings. The Bertz CT molecular complexity index is 2210. The number of hydrogen-bond donors (Lipinski definition) is 4. The zero-order valence-corrected chi connectivity index (χ0v) is 34.3. The van der Waals surface area contributed by atoms with Gasteiger partial charge in [-0.1, -0.05) is 58.0 Å². The number of H-pyrrole nitrogens is 2. The van der Waals surface area contributed by atoms with Crippen LogP contribution in [0.2, 0.25) is 0 Å². The highest BCUT2D eigenvalue weighted by Crippen LogP contribution is 2.42. The predicted molar refractivity (Wildman–Crippen MR) is 219 cm³/mol. The third-order valence-electron chi connectivity index (χ3n) is 12.0. The first-order valence-corrected chi connectivity index (χ1v) is 20.2. The molecule has 2 saturated heterocycles. The number of rotatable bonds is 11. The molecule has 0 spiro atoms. The summed E-state index contributed by atoms with van der Waals surface area (Å²) in [5, 5.41) is 5.44. The average Bonchev–Trinajstić information content (AvgIpc) is 4.06. The third-order valence-corrected chi connectivity index (χ3v) is 12.0. The fraction of sp³-hybridized carbons (Fsp3) is 0.455. The first kappa shape index (κ1) is 40.3. The van der Waals surface area contributed by atoms with E-state index in [1.165, 1.54) is 36.5 Å². The highest BCUT2D eigenvalue weighted by Gasteiger charge is 2.43. The summed E-state index contributed by atoms with van der Waals surface area (Å²) in [5.41, 5.74) is 8.53. The molecule has 58 heavy (non-hydrogen) atoms. The summed E-state index contributed by atoms with van der Waals surface area (Å²) in [5.74, 6) is 0.808. The number of likely N-dealkylation sites (tertiary alicyclic amines) is 2. The number of methoxy groups -OCH3 is 2. The predicted octanol–water partition coefficient (Wildman–Crippen LogP) is 7.07. The first-order chi connectivity index (χ1) is 27.8. The van der Waals surface area contributed by atoms with Crippen LogP contribution in [0.1, 0.15) is 95.2 Å². The van der Waals surface area contributed by atoms with Gasteiger partial charge in [-0.2, -0.15) is 0 Å². The first-order valence-electron chi connectivity index (χ1n) is 20.2. The smallest absolute Gasteiger partial charge is 0.407 e. The Morgan fingerprint density at radius 2 is 1.21 bits per heavy atom. The van der Waals surface area contributed by atoms with Crippen molar-refractivity contribution in [2.75, 3.05) is 14.2 Å². The van der Waals surface area contributed by atoms with Gasteiger partial charge in [0.2, 0.25) is 11.8 Å². The molecule has 4 aromatic rings. The summed E-state index contributed by atoms with van der Waals surface area (Å²) in [4.78, 5) is 72.2. The second-order valence-electron chi connectivity index (χ2n) is 16.3. The Labute approximate surface area is 339 Å². The molecule has 14 nitrogen and oxygen atoms in total. The number of amides is 4. The minimum Gasteiger partial charge on any atom is -0.453 e. The Hall–Kier alpha value is -5.92. The number of fused-ring (bicyclic) bond motifs is 3. The maximum atomic E-state index is 13.9. The zero-order chi connectivity index (χ0) is 41.4. The lowest BCUT2D eigenvalue weighted by atomic mass is 10.0. The van der Waals surface area contributed by atoms with Gasteiger partial charge in [0.1, 0.15) is 23.7 Å². The molecule has 0 saturated carbocycles. The van der Waals surface area contributed by atoms with Crippen LogP contribution in [-0.4, -0.2) is 92.1 Å². The lowest BCUT2D eigenvalue weighted by molar-refractivity contribution is -0.138. The second kappa shape index (κ2) is 16.5. The van der Waals surface area contributed by atoms with Crippen molar-refractivity contribution in [2.45, 2.75) is 103 Å². The molecule has 4 amide bonds. The summed E-state index contributed by atoms with van der Waals surface area (Å²) in [6.45, 7) is 13.6. The van der Waals surface area contributed by atoms with Crippen LogP contribution in [0.4, 0.5) is 9.59 Å². The van der Waals surface area contributed by atoms with Gasteiger partial charge in [0.25, 0.3) is 0 Å². The lowest BCUT2D eigenvalue weighted by Gasteiger charge is -2.33. The molecule has 306 valence electrons. The van der Waals surface area contributed by atoms with Crippen LogP contribution in [0.25, 0.3) is 33.6 Å². The van der Waals surface area contributed by atoms with E-state index in [-0.39, 0.29) is 47.8 Å². The normalized spacial score (nSPS) is 20.8. The van der Waals surface area contributed by atoms with Crippen molar-refractivity contribution in [1.82, 2.24) is 40.4 Å². The SMILES string of the molecule is C=C[C@H]1CC[C@@H](c2ncc(-c3ccc4c(c3)Cc3cc(-c5cnc([C@@H]6CC[C@H](C)N6C(=O)[C@@H](NC(=O)OC)C(C)C)[nH]5)ccc3-4)[nH]2)N1C(=O)[C@@H](NC(=O)OC)C(C)C. The zero-order valence-electron chi connectivity index (χ0n) is 34.3. The molecule has 0 unspecified atom stereocenters. The van der Waals surface area contributed by atoms with Gasteiger partial charge in [-0.3, -0.25) is 9.59 Å². The van der Waals surface area contributed by atoms with Crippen molar-refractivity contribution in [1.29, 1.82) is 0 Å². The van der Waals surface area contributed by atoms with Gasteiger partial charge in [0, 0.05) is 6.04 Å². The molecular weight excluding hydrogens is 737 g/mol. The van der Waals surface area contributed by atoms with Crippen LogP contribution < -0.4 is 10.6 Å². The van der Waals surface area contributed by atoms with Gasteiger partial charge in [-0.05, 0) is 96.4 Å². The molecule has 6 atom stereocenters. The van der Waals surface area contributed by atoms with E-state index in [0.29, 0.717) is 12.2 Å². The molecule has 3 aliphatic rings. The van der Waals surface area contributed by atoms with Crippen LogP contribution in [0, 0.1) is 11.8 Å². The lowest BCUT2D eigenvalue weighted by Crippen LogP contribution is -2.52. The molecule has 1 aliphatic carbocycles. The maximum absolute atomic E-state index is 13.9. The van der Waals surface area contributed by atoms with Crippen molar-refractivity contribution in [2.24, 2.45) is 11.8 Å². The fourth-order valence-electron chi connectivity index (χ4n) is 8.85. The van der Waals surface area contributed by atoms with E-state index < -0.39 is 24.3 Å². The van der Waals surface area contributed by atoms with E-state index in [2.05, 4.69) is 63.6 Å². The summed E-state index contributed by atoms with van der Waals surface area (Å²) in [7, 11) is 2.58. The summed E-state index contributed by atoms with van der Waals surface area (Å²) in [6.07, 6.45) is 7.98. The quantitative estimate of drug-likeness (QED) is 0.103. The molecule has 2 aliphatic heterocycles. The number of aromatic nitrogens is 4. The van der Waals surface area contributed by atoms with E-state index in [0.717, 1.165) is 54.0 Å². The van der Waals surface area contributed by atoms with Gasteiger partial charge in [-0.25, -0.2) is 19.6 Å². The van der Waals surface area contributed by atoms with Crippen molar-refractivity contribution < 1.29 is 28.7 Å². The molecular formula is C44H54N8O6. The molecule has 2 aromatic carbocycles. The molecule has 14 heteroatoms. The van der Waals surface area contributed by atoms with E-state index >= 15 is 0 Å². The number of aromatic amines is 2. The van der Waals surface area contributed by atoms with Gasteiger partial charge < -0.3 is 39.9 Å². The van der Waals surface area contributed by atoms with E-state index in [1.807, 2.05) is 51.9 Å². The topological polar surface area (TPSA) is 175 Å². The molecule has 7 rings (SSSR count). The molecule has 2 aromatic heterocycles. The molecule has 0 bridgehead atoms. The second-order valence-corrected chi connectivity index (χ2v) is 16.3. The number of carbonyl (C=O) groups is 4. The van der Waals surface area contributed by atoms with Crippen molar-refractivity contribution in [3.05, 3.63) is 84.2 Å². The van der Waals surface area contributed by atoms with Crippen molar-refractivity contribution in [3.8, 4) is 33.6 Å². The molecule has 0 radical (unpaired) electrons. The Balaban J connectivity index is 1.07. The Kier molecular flexibility index (Phi) is 11.5. The van der Waals surface area contributed by atoms with Gasteiger partial charge in [0.05, 0.1) is 56.1 Å². The van der Waals surface area contributed by atoms with Crippen LogP contribution in [-0.2, 0) is 25.5 Å².